The van der Waals surface area contributed by atoms with Crippen LogP contribution in [0.15, 0.2) is 0 Å². The Morgan fingerprint density at radius 2 is 1.80 bits per heavy atom. The van der Waals surface area contributed by atoms with Gasteiger partial charge in [0.05, 0.1) is 6.61 Å². The largest absolute Gasteiger partial charge is 0.333 e. The van der Waals surface area contributed by atoms with E-state index in [4.69, 9.17) is 14.2 Å². The first kappa shape index (κ1) is 9.88. The molecule has 0 aromatic carbocycles. The molecule has 0 aliphatic heterocycles. The molecule has 0 aromatic heterocycles. The van der Waals surface area contributed by atoms with Crippen molar-refractivity contribution in [2.45, 2.75) is 26.2 Å². The summed E-state index contributed by atoms with van der Waals surface area (Å²) < 4.78 is 14.7. The summed E-state index contributed by atoms with van der Waals surface area (Å²) in [7, 11) is 3.11. The molecule has 3 heteroatoms. The van der Waals surface area contributed by atoms with Crippen LogP contribution < -0.4 is 0 Å². The van der Waals surface area contributed by atoms with Gasteiger partial charge in [-0.2, -0.15) is 0 Å². The maximum atomic E-state index is 5.14. The Balaban J connectivity index is 3.09. The van der Waals surface area contributed by atoms with Gasteiger partial charge in [-0.1, -0.05) is 13.3 Å². The molecule has 0 N–H and O–H groups in total. The third-order valence-electron chi connectivity index (χ3n) is 1.14. The molecule has 62 valence electrons. The molecule has 0 aromatic rings. The summed E-state index contributed by atoms with van der Waals surface area (Å²) in [5.41, 5.74) is 0. The van der Waals surface area contributed by atoms with E-state index in [1.807, 2.05) is 0 Å². The van der Waals surface area contributed by atoms with Gasteiger partial charge in [-0.15, -0.1) is 0 Å². The van der Waals surface area contributed by atoms with Gasteiger partial charge in [-0.05, 0) is 6.42 Å². The molecular formula is C7H16O3. The molecule has 0 aliphatic carbocycles. The molecular weight excluding hydrogens is 132 g/mol. The third kappa shape index (κ3) is 4.73. The molecule has 0 unspecified atom stereocenters. The first-order valence-electron chi connectivity index (χ1n) is 3.52. The van der Waals surface area contributed by atoms with Crippen LogP contribution in [0.3, 0.4) is 0 Å². The Bertz CT molecular complexity index is 61.9. The summed E-state index contributed by atoms with van der Waals surface area (Å²) in [6, 6.07) is 0. The maximum Gasteiger partial charge on any atom is 0.271 e. The van der Waals surface area contributed by atoms with Crippen molar-refractivity contribution in [2.24, 2.45) is 0 Å². The van der Waals surface area contributed by atoms with Crippen molar-refractivity contribution >= 4 is 0 Å². The van der Waals surface area contributed by atoms with Crippen molar-refractivity contribution in [3.63, 3.8) is 0 Å². The van der Waals surface area contributed by atoms with E-state index in [-0.39, 0.29) is 0 Å². The summed E-state index contributed by atoms with van der Waals surface area (Å²) in [4.78, 5) is 0. The molecule has 0 radical (unpaired) electrons. The Labute approximate surface area is 62.3 Å². The molecule has 0 atom stereocenters. The van der Waals surface area contributed by atoms with Crippen molar-refractivity contribution < 1.29 is 14.2 Å². The monoisotopic (exact) mass is 148 g/mol. The van der Waals surface area contributed by atoms with Gasteiger partial charge in [0.25, 0.3) is 6.48 Å². The van der Waals surface area contributed by atoms with E-state index in [9.17, 15) is 0 Å². The van der Waals surface area contributed by atoms with Crippen molar-refractivity contribution in [3.8, 4) is 0 Å². The molecule has 0 fully saturated rings. The quantitative estimate of drug-likeness (QED) is 0.420. The minimum absolute atomic E-state index is 0.494. The zero-order valence-electron chi connectivity index (χ0n) is 6.92. The molecule has 0 spiro atoms. The van der Waals surface area contributed by atoms with Crippen LogP contribution in [-0.4, -0.2) is 27.3 Å². The van der Waals surface area contributed by atoms with Gasteiger partial charge in [0.15, 0.2) is 0 Å². The number of ether oxygens (including phenoxy) is 3. The van der Waals surface area contributed by atoms with Crippen molar-refractivity contribution in [2.75, 3.05) is 20.8 Å². The Morgan fingerprint density at radius 3 is 2.20 bits per heavy atom. The number of unbranched alkanes of at least 4 members (excludes halogenated alkanes) is 1. The van der Waals surface area contributed by atoms with Crippen LogP contribution >= 0.6 is 0 Å². The fourth-order valence-corrected chi connectivity index (χ4v) is 0.556. The number of rotatable bonds is 6. The van der Waals surface area contributed by atoms with Crippen LogP contribution in [0, 0.1) is 0 Å². The first-order valence-corrected chi connectivity index (χ1v) is 3.52. The molecule has 10 heavy (non-hydrogen) atoms. The molecule has 3 nitrogen and oxygen atoms in total. The van der Waals surface area contributed by atoms with E-state index in [2.05, 4.69) is 6.92 Å². The van der Waals surface area contributed by atoms with Crippen molar-refractivity contribution in [1.82, 2.24) is 0 Å². The molecule has 0 saturated heterocycles. The van der Waals surface area contributed by atoms with Crippen molar-refractivity contribution in [1.29, 1.82) is 0 Å². The molecule has 0 bridgehead atoms. The van der Waals surface area contributed by atoms with E-state index >= 15 is 0 Å². The lowest BCUT2D eigenvalue weighted by molar-refractivity contribution is -0.265. The molecule has 0 amide bonds. The normalized spacial score (nSPS) is 10.8. The summed E-state index contributed by atoms with van der Waals surface area (Å²) in [6.07, 6.45) is 2.17. The highest BCUT2D eigenvalue weighted by Gasteiger charge is 2.01. The van der Waals surface area contributed by atoms with Gasteiger partial charge in [0, 0.05) is 14.2 Å². The second-order valence-electron chi connectivity index (χ2n) is 1.98. The van der Waals surface area contributed by atoms with Gasteiger partial charge in [-0.25, -0.2) is 0 Å². The van der Waals surface area contributed by atoms with Crippen molar-refractivity contribution in [3.05, 3.63) is 0 Å². The Morgan fingerprint density at radius 1 is 1.20 bits per heavy atom. The van der Waals surface area contributed by atoms with Gasteiger partial charge >= 0.3 is 0 Å². The second kappa shape index (κ2) is 6.99. The second-order valence-corrected chi connectivity index (χ2v) is 1.98. The van der Waals surface area contributed by atoms with E-state index in [0.29, 0.717) is 6.61 Å². The van der Waals surface area contributed by atoms with Crippen LogP contribution in [0.2, 0.25) is 0 Å². The summed E-state index contributed by atoms with van der Waals surface area (Å²) in [5, 5.41) is 0. The highest BCUT2D eigenvalue weighted by molar-refractivity contribution is 4.30. The Kier molecular flexibility index (Phi) is 6.91. The van der Waals surface area contributed by atoms with Gasteiger partial charge in [-0.3, -0.25) is 0 Å². The predicted molar refractivity (Wildman–Crippen MR) is 38.7 cm³/mol. The molecule has 0 aliphatic rings. The topological polar surface area (TPSA) is 27.7 Å². The van der Waals surface area contributed by atoms with Crippen LogP contribution in [0.25, 0.3) is 0 Å². The fourth-order valence-electron chi connectivity index (χ4n) is 0.556. The molecule has 0 heterocycles. The summed E-state index contributed by atoms with van der Waals surface area (Å²) >= 11 is 0. The molecule has 0 saturated carbocycles. The smallest absolute Gasteiger partial charge is 0.271 e. The highest BCUT2D eigenvalue weighted by atomic mass is 16.8. The van der Waals surface area contributed by atoms with E-state index in [1.165, 1.54) is 0 Å². The van der Waals surface area contributed by atoms with Crippen LogP contribution in [0.5, 0.6) is 0 Å². The minimum Gasteiger partial charge on any atom is -0.333 e. The van der Waals surface area contributed by atoms with Crippen LogP contribution in [0.4, 0.5) is 0 Å². The van der Waals surface area contributed by atoms with E-state index < -0.39 is 6.48 Å². The SMILES string of the molecule is CCCCOC(OC)OC. The minimum atomic E-state index is -0.494. The number of hydrogen-bond acceptors (Lipinski definition) is 3. The highest BCUT2D eigenvalue weighted by Crippen LogP contribution is 1.95. The summed E-state index contributed by atoms with van der Waals surface area (Å²) in [5.74, 6) is 0. The molecule has 0 rings (SSSR count). The standard InChI is InChI=1S/C7H16O3/c1-4-5-6-10-7(8-2)9-3/h7H,4-6H2,1-3H3. The average Bonchev–Trinajstić information content (AvgIpc) is 1.99. The maximum absolute atomic E-state index is 5.14. The Hall–Kier alpha value is -0.120. The lowest BCUT2D eigenvalue weighted by Crippen LogP contribution is -2.17. The lowest BCUT2D eigenvalue weighted by Gasteiger charge is -2.12. The first-order chi connectivity index (χ1) is 4.85. The number of methoxy groups -OCH3 is 2. The van der Waals surface area contributed by atoms with Crippen LogP contribution in [0.1, 0.15) is 19.8 Å². The van der Waals surface area contributed by atoms with Gasteiger partial charge in [0.2, 0.25) is 0 Å². The summed E-state index contributed by atoms with van der Waals surface area (Å²) in [6.45, 7) is 2.31. The average molecular weight is 148 g/mol. The van der Waals surface area contributed by atoms with Gasteiger partial charge in [0.1, 0.15) is 0 Å². The predicted octanol–water partition coefficient (Wildman–Crippen LogP) is 1.38. The fraction of sp³-hybridized carbons (Fsp3) is 1.00. The lowest BCUT2D eigenvalue weighted by atomic mass is 10.4. The van der Waals surface area contributed by atoms with E-state index in [0.717, 1.165) is 12.8 Å². The zero-order chi connectivity index (χ0) is 7.82. The van der Waals surface area contributed by atoms with Gasteiger partial charge < -0.3 is 14.2 Å². The van der Waals surface area contributed by atoms with E-state index in [1.54, 1.807) is 14.2 Å². The zero-order valence-corrected chi connectivity index (χ0v) is 6.92. The third-order valence-corrected chi connectivity index (χ3v) is 1.14. The number of hydrogen-bond donors (Lipinski definition) is 0. The van der Waals surface area contributed by atoms with Crippen LogP contribution in [-0.2, 0) is 14.2 Å².